The molecule has 1 amide bonds. The highest BCUT2D eigenvalue weighted by Gasteiger charge is 1.95. The van der Waals surface area contributed by atoms with E-state index in [-0.39, 0.29) is 5.91 Å². The summed E-state index contributed by atoms with van der Waals surface area (Å²) in [7, 11) is 0. The molecular formula is C18H35NO. The van der Waals surface area contributed by atoms with Crippen LogP contribution < -0.4 is 5.73 Å². The minimum absolute atomic E-state index is 0.158. The topological polar surface area (TPSA) is 43.1 Å². The van der Waals surface area contributed by atoms with Crippen LogP contribution in [0.15, 0.2) is 12.7 Å². The smallest absolute Gasteiger partial charge is 0.217 e. The van der Waals surface area contributed by atoms with Crippen LogP contribution in [0.25, 0.3) is 0 Å². The summed E-state index contributed by atoms with van der Waals surface area (Å²) >= 11 is 0. The lowest BCUT2D eigenvalue weighted by atomic mass is 10.0. The zero-order valence-corrected chi connectivity index (χ0v) is 13.4. The summed E-state index contributed by atoms with van der Waals surface area (Å²) in [6, 6.07) is 0. The zero-order valence-electron chi connectivity index (χ0n) is 13.4. The third-order valence-electron chi connectivity index (χ3n) is 3.83. The minimum atomic E-state index is -0.158. The van der Waals surface area contributed by atoms with E-state index < -0.39 is 0 Å². The molecule has 0 bridgehead atoms. The molecule has 20 heavy (non-hydrogen) atoms. The number of amides is 1. The Bertz CT molecular complexity index is 225. The largest absolute Gasteiger partial charge is 0.370 e. The number of allylic oxidation sites excluding steroid dienone is 1. The number of carbonyl (C=O) groups excluding carboxylic acids is 1. The van der Waals surface area contributed by atoms with Crippen LogP contribution in [0.5, 0.6) is 0 Å². The van der Waals surface area contributed by atoms with Crippen LogP contribution in [0.2, 0.25) is 0 Å². The van der Waals surface area contributed by atoms with Gasteiger partial charge in [0.05, 0.1) is 0 Å². The quantitative estimate of drug-likeness (QED) is 0.294. The van der Waals surface area contributed by atoms with Gasteiger partial charge in [-0.2, -0.15) is 0 Å². The minimum Gasteiger partial charge on any atom is -0.370 e. The summed E-state index contributed by atoms with van der Waals surface area (Å²) in [4.78, 5) is 10.6. The molecule has 0 spiro atoms. The normalized spacial score (nSPS) is 10.6. The Hall–Kier alpha value is -0.790. The number of nitrogens with two attached hydrogens (primary N) is 1. The molecule has 118 valence electrons. The summed E-state index contributed by atoms with van der Waals surface area (Å²) in [5.74, 6) is -0.158. The molecule has 0 aliphatic carbocycles. The molecule has 0 unspecified atom stereocenters. The van der Waals surface area contributed by atoms with Crippen LogP contribution in [-0.4, -0.2) is 5.91 Å². The fraction of sp³-hybridized carbons (Fsp3) is 0.833. The average molecular weight is 281 g/mol. The van der Waals surface area contributed by atoms with Crippen molar-refractivity contribution < 1.29 is 4.79 Å². The highest BCUT2D eigenvalue weighted by molar-refractivity contribution is 5.73. The van der Waals surface area contributed by atoms with Gasteiger partial charge in [0.25, 0.3) is 0 Å². The van der Waals surface area contributed by atoms with Gasteiger partial charge >= 0.3 is 0 Å². The maximum absolute atomic E-state index is 10.6. The molecule has 0 fully saturated rings. The van der Waals surface area contributed by atoms with Gasteiger partial charge in [0.1, 0.15) is 0 Å². The van der Waals surface area contributed by atoms with E-state index in [4.69, 9.17) is 5.73 Å². The molecule has 0 aliphatic rings. The standard InChI is InChI=1S/C18H35NO/c1-2-3-4-5-6-7-8-9-10-11-12-13-14-15-16-17-18(19)20/h2H,1,3-17H2,(H2,19,20). The molecule has 0 aromatic carbocycles. The second-order valence-corrected chi connectivity index (χ2v) is 5.89. The van der Waals surface area contributed by atoms with Crippen LogP contribution >= 0.6 is 0 Å². The molecule has 0 saturated heterocycles. The van der Waals surface area contributed by atoms with Crippen molar-refractivity contribution in [2.75, 3.05) is 0 Å². The molecule has 0 rings (SSSR count). The second kappa shape index (κ2) is 16.3. The maximum Gasteiger partial charge on any atom is 0.217 e. The number of hydrogen-bond donors (Lipinski definition) is 1. The van der Waals surface area contributed by atoms with Gasteiger partial charge in [-0.3, -0.25) is 4.79 Å². The van der Waals surface area contributed by atoms with Gasteiger partial charge in [-0.25, -0.2) is 0 Å². The van der Waals surface area contributed by atoms with Crippen molar-refractivity contribution in [3.63, 3.8) is 0 Å². The van der Waals surface area contributed by atoms with E-state index in [9.17, 15) is 4.79 Å². The van der Waals surface area contributed by atoms with Gasteiger partial charge in [0.15, 0.2) is 0 Å². The van der Waals surface area contributed by atoms with Crippen molar-refractivity contribution in [2.45, 2.75) is 96.3 Å². The van der Waals surface area contributed by atoms with Gasteiger partial charge in [0.2, 0.25) is 5.91 Å². The Labute approximate surface area is 126 Å². The van der Waals surface area contributed by atoms with E-state index in [1.165, 1.54) is 77.0 Å². The van der Waals surface area contributed by atoms with Gasteiger partial charge in [-0.15, -0.1) is 6.58 Å². The predicted octanol–water partition coefficient (Wildman–Crippen LogP) is 5.51. The number of carbonyl (C=O) groups is 1. The van der Waals surface area contributed by atoms with Crippen molar-refractivity contribution in [2.24, 2.45) is 5.73 Å². The molecule has 0 saturated carbocycles. The van der Waals surface area contributed by atoms with E-state index >= 15 is 0 Å². The van der Waals surface area contributed by atoms with Gasteiger partial charge in [-0.1, -0.05) is 76.7 Å². The number of hydrogen-bond acceptors (Lipinski definition) is 1. The Morgan fingerprint density at radius 3 is 1.40 bits per heavy atom. The lowest BCUT2D eigenvalue weighted by molar-refractivity contribution is -0.118. The molecule has 2 N–H and O–H groups in total. The summed E-state index contributed by atoms with van der Waals surface area (Å²) in [5, 5.41) is 0. The summed E-state index contributed by atoms with van der Waals surface area (Å²) in [6.45, 7) is 3.75. The number of primary amides is 1. The van der Waals surface area contributed by atoms with E-state index in [0.717, 1.165) is 12.8 Å². The Kier molecular flexibility index (Phi) is 15.6. The van der Waals surface area contributed by atoms with Crippen molar-refractivity contribution in [3.05, 3.63) is 12.7 Å². The van der Waals surface area contributed by atoms with E-state index in [2.05, 4.69) is 6.58 Å². The van der Waals surface area contributed by atoms with Crippen LogP contribution in [0.3, 0.4) is 0 Å². The van der Waals surface area contributed by atoms with Crippen molar-refractivity contribution in [1.82, 2.24) is 0 Å². The highest BCUT2D eigenvalue weighted by Crippen LogP contribution is 2.13. The molecule has 0 radical (unpaired) electrons. The summed E-state index contributed by atoms with van der Waals surface area (Å²) in [5.41, 5.74) is 5.10. The molecule has 0 heterocycles. The Morgan fingerprint density at radius 2 is 1.05 bits per heavy atom. The highest BCUT2D eigenvalue weighted by atomic mass is 16.1. The fourth-order valence-corrected chi connectivity index (χ4v) is 2.53. The summed E-state index contributed by atoms with van der Waals surface area (Å²) in [6.07, 6.45) is 20.9. The monoisotopic (exact) mass is 281 g/mol. The van der Waals surface area contributed by atoms with Crippen molar-refractivity contribution in [1.29, 1.82) is 0 Å². The molecule has 2 heteroatoms. The number of unbranched alkanes of at least 4 members (excludes halogenated alkanes) is 13. The zero-order chi connectivity index (χ0) is 14.9. The van der Waals surface area contributed by atoms with Crippen LogP contribution in [0.1, 0.15) is 96.3 Å². The SMILES string of the molecule is C=CCCCCCCCCCCCCCCCC(N)=O. The van der Waals surface area contributed by atoms with Crippen molar-refractivity contribution in [3.8, 4) is 0 Å². The average Bonchev–Trinajstić information content (AvgIpc) is 2.43. The molecule has 2 nitrogen and oxygen atoms in total. The van der Waals surface area contributed by atoms with Gasteiger partial charge < -0.3 is 5.73 Å². The first-order valence-electron chi connectivity index (χ1n) is 8.66. The first kappa shape index (κ1) is 19.2. The third-order valence-corrected chi connectivity index (χ3v) is 3.83. The summed E-state index contributed by atoms with van der Waals surface area (Å²) < 4.78 is 0. The van der Waals surface area contributed by atoms with E-state index in [1.54, 1.807) is 0 Å². The van der Waals surface area contributed by atoms with Crippen LogP contribution in [0, 0.1) is 0 Å². The Morgan fingerprint density at radius 1 is 0.700 bits per heavy atom. The third kappa shape index (κ3) is 17.2. The predicted molar refractivity (Wildman–Crippen MR) is 88.6 cm³/mol. The molecule has 0 aromatic heterocycles. The van der Waals surface area contributed by atoms with Gasteiger partial charge in [-0.05, 0) is 19.3 Å². The van der Waals surface area contributed by atoms with E-state index in [1.807, 2.05) is 6.08 Å². The molecule has 0 aromatic rings. The molecule has 0 aliphatic heterocycles. The van der Waals surface area contributed by atoms with E-state index in [0.29, 0.717) is 6.42 Å². The number of rotatable bonds is 16. The lowest BCUT2D eigenvalue weighted by Crippen LogP contribution is -2.09. The maximum atomic E-state index is 10.6. The molecular weight excluding hydrogens is 246 g/mol. The van der Waals surface area contributed by atoms with Gasteiger partial charge in [0, 0.05) is 6.42 Å². The first-order chi connectivity index (χ1) is 9.77. The second-order valence-electron chi connectivity index (χ2n) is 5.89. The van der Waals surface area contributed by atoms with Crippen molar-refractivity contribution >= 4 is 5.91 Å². The fourth-order valence-electron chi connectivity index (χ4n) is 2.53. The Balaban J connectivity index is 2.95. The first-order valence-corrected chi connectivity index (χ1v) is 8.66. The van der Waals surface area contributed by atoms with Crippen LogP contribution in [0.4, 0.5) is 0 Å². The lowest BCUT2D eigenvalue weighted by Gasteiger charge is -2.03. The molecule has 0 atom stereocenters. The van der Waals surface area contributed by atoms with Crippen LogP contribution in [-0.2, 0) is 4.79 Å².